The highest BCUT2D eigenvalue weighted by atomic mass is 32.2. The van der Waals surface area contributed by atoms with E-state index in [9.17, 15) is 8.42 Å². The van der Waals surface area contributed by atoms with Gasteiger partial charge in [0.15, 0.2) is 9.84 Å². The van der Waals surface area contributed by atoms with Crippen LogP contribution in [-0.2, 0) is 9.84 Å². The zero-order chi connectivity index (χ0) is 6.20. The third kappa shape index (κ3) is 1.22. The number of sulfone groups is 1. The van der Waals surface area contributed by atoms with Crippen molar-refractivity contribution in [3.05, 3.63) is 5.92 Å². The van der Waals surface area contributed by atoms with Gasteiger partial charge < -0.3 is 0 Å². The van der Waals surface area contributed by atoms with Crippen LogP contribution in [0.5, 0.6) is 0 Å². The summed E-state index contributed by atoms with van der Waals surface area (Å²) < 4.78 is 21.2. The molecule has 0 N–H and O–H groups in total. The van der Waals surface area contributed by atoms with Gasteiger partial charge in [0.2, 0.25) is 0 Å². The maximum absolute atomic E-state index is 10.6. The first-order chi connectivity index (χ1) is 3.60. The summed E-state index contributed by atoms with van der Waals surface area (Å²) in [6.45, 7) is 1.89. The first-order valence-electron chi connectivity index (χ1n) is 2.62. The lowest BCUT2D eigenvalue weighted by atomic mass is 10.2. The molecule has 1 rings (SSSR count). The van der Waals surface area contributed by atoms with Crippen LogP contribution < -0.4 is 0 Å². The summed E-state index contributed by atoms with van der Waals surface area (Å²) in [7, 11) is -2.63. The Bertz CT molecular complexity index is 169. The number of hydrogen-bond acceptors (Lipinski definition) is 2. The molecule has 3 heteroatoms. The fraction of sp³-hybridized carbons (Fsp3) is 0.800. The summed E-state index contributed by atoms with van der Waals surface area (Å²) in [6.07, 6.45) is 0.780. The van der Waals surface area contributed by atoms with Crippen LogP contribution in [0.1, 0.15) is 13.3 Å². The lowest BCUT2D eigenvalue weighted by molar-refractivity contribution is 0.602. The van der Waals surface area contributed by atoms with Crippen LogP contribution in [0.15, 0.2) is 0 Å². The minimum atomic E-state index is -2.63. The lowest BCUT2D eigenvalue weighted by Crippen LogP contribution is -2.00. The van der Waals surface area contributed by atoms with Crippen molar-refractivity contribution in [2.24, 2.45) is 0 Å². The molecule has 0 aromatic heterocycles. The standard InChI is InChI=1S/C5H9O2S/c1-5-2-3-8(6,7)4-5/h2-4H2,1H3. The minimum absolute atomic E-state index is 0.326. The molecule has 0 amide bonds. The molecule has 1 radical (unpaired) electrons. The van der Waals surface area contributed by atoms with Gasteiger partial charge >= 0.3 is 0 Å². The van der Waals surface area contributed by atoms with Gasteiger partial charge in [0.05, 0.1) is 11.5 Å². The van der Waals surface area contributed by atoms with Crippen LogP contribution in [0.2, 0.25) is 0 Å². The van der Waals surface area contributed by atoms with Gasteiger partial charge in [-0.3, -0.25) is 0 Å². The Kier molecular flexibility index (Phi) is 1.31. The highest BCUT2D eigenvalue weighted by Crippen LogP contribution is 2.18. The summed E-state index contributed by atoms with van der Waals surface area (Å²) in [5.74, 6) is 1.80. The zero-order valence-electron chi connectivity index (χ0n) is 4.85. The molecule has 0 aliphatic carbocycles. The zero-order valence-corrected chi connectivity index (χ0v) is 5.66. The normalized spacial score (nSPS) is 28.6. The predicted molar refractivity (Wildman–Crippen MR) is 32.2 cm³/mol. The maximum Gasteiger partial charge on any atom is 0.150 e. The molecule has 1 fully saturated rings. The highest BCUT2D eigenvalue weighted by molar-refractivity contribution is 7.91. The smallest absolute Gasteiger partial charge is 0.150 e. The number of rotatable bonds is 0. The van der Waals surface area contributed by atoms with Crippen molar-refractivity contribution >= 4 is 9.84 Å². The van der Waals surface area contributed by atoms with E-state index in [0.29, 0.717) is 11.5 Å². The van der Waals surface area contributed by atoms with Crippen molar-refractivity contribution in [3.63, 3.8) is 0 Å². The van der Waals surface area contributed by atoms with Gasteiger partial charge in [-0.1, -0.05) is 6.92 Å². The molecular weight excluding hydrogens is 124 g/mol. The first-order valence-corrected chi connectivity index (χ1v) is 4.44. The molecule has 0 aromatic carbocycles. The van der Waals surface area contributed by atoms with E-state index in [1.165, 1.54) is 0 Å². The molecule has 1 heterocycles. The first kappa shape index (κ1) is 6.08. The third-order valence-corrected chi connectivity index (χ3v) is 3.06. The van der Waals surface area contributed by atoms with Gasteiger partial charge in [-0.2, -0.15) is 0 Å². The fourth-order valence-corrected chi connectivity index (χ4v) is 2.55. The lowest BCUT2D eigenvalue weighted by Gasteiger charge is -1.89. The molecule has 8 heavy (non-hydrogen) atoms. The van der Waals surface area contributed by atoms with E-state index in [2.05, 4.69) is 0 Å². The summed E-state index contributed by atoms with van der Waals surface area (Å²) in [6, 6.07) is 0. The van der Waals surface area contributed by atoms with E-state index < -0.39 is 9.84 Å². The Balaban J connectivity index is 2.71. The summed E-state index contributed by atoms with van der Waals surface area (Å²) >= 11 is 0. The van der Waals surface area contributed by atoms with Crippen LogP contribution >= 0.6 is 0 Å². The Morgan fingerprint density at radius 1 is 1.50 bits per heavy atom. The van der Waals surface area contributed by atoms with Crippen molar-refractivity contribution in [3.8, 4) is 0 Å². The Morgan fingerprint density at radius 2 is 2.12 bits per heavy atom. The van der Waals surface area contributed by atoms with Crippen molar-refractivity contribution in [2.45, 2.75) is 13.3 Å². The minimum Gasteiger partial charge on any atom is -0.229 e. The van der Waals surface area contributed by atoms with Crippen molar-refractivity contribution in [1.29, 1.82) is 0 Å². The predicted octanol–water partition coefficient (Wildman–Crippen LogP) is 0.399. The van der Waals surface area contributed by atoms with E-state index in [4.69, 9.17) is 0 Å². The van der Waals surface area contributed by atoms with Crippen LogP contribution in [-0.4, -0.2) is 19.9 Å². The molecule has 2 nitrogen and oxygen atoms in total. The summed E-state index contributed by atoms with van der Waals surface area (Å²) in [4.78, 5) is 0. The quantitative estimate of drug-likeness (QED) is 0.479. The van der Waals surface area contributed by atoms with Gasteiger partial charge in [0.1, 0.15) is 0 Å². The van der Waals surface area contributed by atoms with Crippen molar-refractivity contribution in [1.82, 2.24) is 0 Å². The SMILES string of the molecule is C[C]1CCS(=O)(=O)C1. The monoisotopic (exact) mass is 133 g/mol. The molecule has 47 valence electrons. The average Bonchev–Trinajstić information content (AvgIpc) is 1.82. The molecule has 0 saturated carbocycles. The van der Waals surface area contributed by atoms with E-state index in [0.717, 1.165) is 12.3 Å². The largest absolute Gasteiger partial charge is 0.229 e. The van der Waals surface area contributed by atoms with Gasteiger partial charge in [0.25, 0.3) is 0 Å². The van der Waals surface area contributed by atoms with Crippen LogP contribution in [0.3, 0.4) is 0 Å². The fourth-order valence-electron chi connectivity index (χ4n) is 0.849. The van der Waals surface area contributed by atoms with Gasteiger partial charge in [-0.15, -0.1) is 0 Å². The Morgan fingerprint density at radius 3 is 2.25 bits per heavy atom. The van der Waals surface area contributed by atoms with Crippen LogP contribution in [0, 0.1) is 5.92 Å². The molecule has 0 spiro atoms. The van der Waals surface area contributed by atoms with E-state index in [-0.39, 0.29) is 0 Å². The molecule has 0 unspecified atom stereocenters. The van der Waals surface area contributed by atoms with E-state index in [1.54, 1.807) is 0 Å². The van der Waals surface area contributed by atoms with Crippen LogP contribution in [0.25, 0.3) is 0 Å². The van der Waals surface area contributed by atoms with E-state index >= 15 is 0 Å². The maximum atomic E-state index is 10.6. The summed E-state index contributed by atoms with van der Waals surface area (Å²) in [5.41, 5.74) is 0. The molecule has 1 aliphatic heterocycles. The number of hydrogen-bond donors (Lipinski definition) is 0. The van der Waals surface area contributed by atoms with Gasteiger partial charge in [0, 0.05) is 0 Å². The average molecular weight is 133 g/mol. The van der Waals surface area contributed by atoms with Gasteiger partial charge in [-0.05, 0) is 12.3 Å². The molecule has 0 atom stereocenters. The molecule has 0 aromatic rings. The van der Waals surface area contributed by atoms with Crippen molar-refractivity contribution in [2.75, 3.05) is 11.5 Å². The highest BCUT2D eigenvalue weighted by Gasteiger charge is 2.24. The second kappa shape index (κ2) is 1.72. The van der Waals surface area contributed by atoms with Crippen LogP contribution in [0.4, 0.5) is 0 Å². The van der Waals surface area contributed by atoms with Crippen molar-refractivity contribution < 1.29 is 8.42 Å². The topological polar surface area (TPSA) is 34.1 Å². The molecular formula is C5H9O2S. The molecule has 0 bridgehead atoms. The molecule has 1 saturated heterocycles. The second-order valence-corrected chi connectivity index (χ2v) is 4.48. The second-order valence-electron chi connectivity index (χ2n) is 2.30. The van der Waals surface area contributed by atoms with Gasteiger partial charge in [-0.25, -0.2) is 8.42 Å². The van der Waals surface area contributed by atoms with E-state index in [1.807, 2.05) is 6.92 Å². The Hall–Kier alpha value is -0.0500. The molecule has 1 aliphatic rings. The summed E-state index contributed by atoms with van der Waals surface area (Å²) in [5, 5.41) is 0. The third-order valence-electron chi connectivity index (χ3n) is 1.31. The Labute approximate surface area is 49.8 Å².